The molecule has 0 aliphatic heterocycles. The normalized spacial score (nSPS) is 11.8. The summed E-state index contributed by atoms with van der Waals surface area (Å²) in [5.74, 6) is -1.20. The summed E-state index contributed by atoms with van der Waals surface area (Å²) in [6, 6.07) is 8.33. The maximum Gasteiger partial charge on any atom is 0.260 e. The van der Waals surface area contributed by atoms with Gasteiger partial charge in [0.2, 0.25) is 5.91 Å². The van der Waals surface area contributed by atoms with E-state index < -0.39 is 17.9 Å². The third-order valence-corrected chi connectivity index (χ3v) is 2.01. The maximum atomic E-state index is 11.3. The molecule has 1 atom stereocenters. The van der Waals surface area contributed by atoms with Crippen LogP contribution in [0, 0.1) is 0 Å². The fraction of sp³-hybridized carbons (Fsp3) is 0.273. The Bertz CT molecular complexity index is 381. The van der Waals surface area contributed by atoms with Crippen LogP contribution >= 0.6 is 0 Å². The second-order valence-corrected chi connectivity index (χ2v) is 3.52. The number of primary amides is 1. The van der Waals surface area contributed by atoms with E-state index in [4.69, 9.17) is 16.3 Å². The minimum Gasteiger partial charge on any atom is -0.370 e. The first kappa shape index (κ1) is 13.1. The Labute approximate surface area is 98.9 Å². The highest BCUT2D eigenvalue weighted by Gasteiger charge is 2.15. The first-order valence-corrected chi connectivity index (χ1v) is 5.09. The maximum absolute atomic E-state index is 11.3. The van der Waals surface area contributed by atoms with Crippen LogP contribution < -0.4 is 16.9 Å². The summed E-state index contributed by atoms with van der Waals surface area (Å²) in [6.45, 7) is 0.232. The SMILES string of the molecule is NC(=O)CC(N)C(=O)NOCc1ccccc1. The van der Waals surface area contributed by atoms with E-state index in [9.17, 15) is 9.59 Å². The number of rotatable bonds is 6. The lowest BCUT2D eigenvalue weighted by Crippen LogP contribution is -2.42. The lowest BCUT2D eigenvalue weighted by molar-refractivity contribution is -0.137. The van der Waals surface area contributed by atoms with Crippen LogP contribution in [0.5, 0.6) is 0 Å². The lowest BCUT2D eigenvalue weighted by atomic mass is 10.2. The van der Waals surface area contributed by atoms with Crippen LogP contribution in [-0.2, 0) is 21.0 Å². The van der Waals surface area contributed by atoms with E-state index in [2.05, 4.69) is 5.48 Å². The smallest absolute Gasteiger partial charge is 0.260 e. The van der Waals surface area contributed by atoms with E-state index in [1.807, 2.05) is 30.3 Å². The second-order valence-electron chi connectivity index (χ2n) is 3.52. The van der Waals surface area contributed by atoms with Gasteiger partial charge in [0, 0.05) is 0 Å². The zero-order valence-electron chi connectivity index (χ0n) is 9.26. The van der Waals surface area contributed by atoms with Crippen molar-refractivity contribution in [1.82, 2.24) is 5.48 Å². The number of amides is 2. The van der Waals surface area contributed by atoms with Crippen molar-refractivity contribution in [3.8, 4) is 0 Å². The van der Waals surface area contributed by atoms with Crippen LogP contribution in [0.25, 0.3) is 0 Å². The standard InChI is InChI=1S/C11H15N3O3/c12-9(6-10(13)15)11(16)14-17-7-8-4-2-1-3-5-8/h1-5,9H,6-7,12H2,(H2,13,15)(H,14,16). The highest BCUT2D eigenvalue weighted by atomic mass is 16.6. The summed E-state index contributed by atoms with van der Waals surface area (Å²) in [4.78, 5) is 26.8. The molecule has 1 aromatic rings. The van der Waals surface area contributed by atoms with Crippen molar-refractivity contribution in [2.24, 2.45) is 11.5 Å². The molecular formula is C11H15N3O3. The van der Waals surface area contributed by atoms with Crippen LogP contribution in [0.4, 0.5) is 0 Å². The van der Waals surface area contributed by atoms with Gasteiger partial charge in [-0.05, 0) is 5.56 Å². The van der Waals surface area contributed by atoms with Crippen molar-refractivity contribution in [3.05, 3.63) is 35.9 Å². The zero-order valence-corrected chi connectivity index (χ0v) is 9.26. The Kier molecular flexibility index (Phi) is 5.12. The number of nitrogens with one attached hydrogen (secondary N) is 1. The fourth-order valence-corrected chi connectivity index (χ4v) is 1.15. The molecule has 92 valence electrons. The van der Waals surface area contributed by atoms with Crippen LogP contribution in [0.3, 0.4) is 0 Å². The number of hydrogen-bond donors (Lipinski definition) is 3. The highest BCUT2D eigenvalue weighted by molar-refractivity contribution is 5.86. The summed E-state index contributed by atoms with van der Waals surface area (Å²) in [7, 11) is 0. The van der Waals surface area contributed by atoms with Crippen LogP contribution in [0.1, 0.15) is 12.0 Å². The molecule has 5 N–H and O–H groups in total. The summed E-state index contributed by atoms with van der Waals surface area (Å²) in [6.07, 6.45) is -0.208. The van der Waals surface area contributed by atoms with E-state index in [0.717, 1.165) is 5.56 Å². The van der Waals surface area contributed by atoms with Crippen molar-refractivity contribution in [1.29, 1.82) is 0 Å². The Morgan fingerprint density at radius 1 is 1.29 bits per heavy atom. The summed E-state index contributed by atoms with van der Waals surface area (Å²) in [5, 5.41) is 0. The molecule has 6 heteroatoms. The molecular weight excluding hydrogens is 222 g/mol. The molecule has 0 bridgehead atoms. The summed E-state index contributed by atoms with van der Waals surface area (Å²) < 4.78 is 0. The van der Waals surface area contributed by atoms with E-state index in [1.54, 1.807) is 0 Å². The molecule has 0 aromatic heterocycles. The second kappa shape index (κ2) is 6.62. The van der Waals surface area contributed by atoms with Crippen LogP contribution in [0.15, 0.2) is 30.3 Å². The molecule has 0 aliphatic carbocycles. The van der Waals surface area contributed by atoms with Gasteiger partial charge < -0.3 is 11.5 Å². The van der Waals surface area contributed by atoms with Gasteiger partial charge in [-0.15, -0.1) is 0 Å². The van der Waals surface area contributed by atoms with Gasteiger partial charge in [0.15, 0.2) is 0 Å². The van der Waals surface area contributed by atoms with Crippen molar-refractivity contribution < 1.29 is 14.4 Å². The van der Waals surface area contributed by atoms with Gasteiger partial charge >= 0.3 is 0 Å². The first-order chi connectivity index (χ1) is 8.09. The average molecular weight is 237 g/mol. The molecule has 1 unspecified atom stereocenters. The zero-order chi connectivity index (χ0) is 12.7. The van der Waals surface area contributed by atoms with Crippen molar-refractivity contribution >= 4 is 11.8 Å². The molecule has 0 fully saturated rings. The molecule has 6 nitrogen and oxygen atoms in total. The molecule has 0 aliphatic rings. The van der Waals surface area contributed by atoms with Crippen molar-refractivity contribution in [2.75, 3.05) is 0 Å². The molecule has 0 radical (unpaired) electrons. The van der Waals surface area contributed by atoms with Gasteiger partial charge in [-0.3, -0.25) is 14.4 Å². The van der Waals surface area contributed by atoms with E-state index >= 15 is 0 Å². The molecule has 0 saturated carbocycles. The molecule has 1 rings (SSSR count). The third kappa shape index (κ3) is 5.10. The van der Waals surface area contributed by atoms with E-state index in [1.165, 1.54) is 0 Å². The molecule has 0 saturated heterocycles. The number of nitrogens with two attached hydrogens (primary N) is 2. The number of hydroxylamine groups is 1. The van der Waals surface area contributed by atoms with Gasteiger partial charge in [-0.1, -0.05) is 30.3 Å². The van der Waals surface area contributed by atoms with Gasteiger partial charge in [-0.2, -0.15) is 0 Å². The van der Waals surface area contributed by atoms with Crippen molar-refractivity contribution in [3.63, 3.8) is 0 Å². The summed E-state index contributed by atoms with van der Waals surface area (Å²) >= 11 is 0. The summed E-state index contributed by atoms with van der Waals surface area (Å²) in [5.41, 5.74) is 13.4. The van der Waals surface area contributed by atoms with Crippen molar-refractivity contribution in [2.45, 2.75) is 19.1 Å². The Hall–Kier alpha value is -1.92. The van der Waals surface area contributed by atoms with Gasteiger partial charge in [0.25, 0.3) is 5.91 Å². The first-order valence-electron chi connectivity index (χ1n) is 5.09. The Balaban J connectivity index is 2.27. The third-order valence-electron chi connectivity index (χ3n) is 2.01. The Morgan fingerprint density at radius 3 is 2.53 bits per heavy atom. The van der Waals surface area contributed by atoms with Gasteiger partial charge in [-0.25, -0.2) is 5.48 Å². The molecule has 17 heavy (non-hydrogen) atoms. The molecule has 1 aromatic carbocycles. The number of carbonyl (C=O) groups excluding carboxylic acids is 2. The molecule has 2 amide bonds. The van der Waals surface area contributed by atoms with Crippen LogP contribution in [0.2, 0.25) is 0 Å². The predicted octanol–water partition coefficient (Wildman–Crippen LogP) is -0.563. The topological polar surface area (TPSA) is 107 Å². The monoisotopic (exact) mass is 237 g/mol. The average Bonchev–Trinajstić information content (AvgIpc) is 2.29. The predicted molar refractivity (Wildman–Crippen MR) is 61.2 cm³/mol. The molecule has 0 heterocycles. The highest BCUT2D eigenvalue weighted by Crippen LogP contribution is 1.99. The van der Waals surface area contributed by atoms with E-state index in [0.29, 0.717) is 0 Å². The fourth-order valence-electron chi connectivity index (χ4n) is 1.15. The molecule has 0 spiro atoms. The minimum absolute atomic E-state index is 0.208. The number of carbonyl (C=O) groups is 2. The number of benzene rings is 1. The van der Waals surface area contributed by atoms with Crippen LogP contribution in [-0.4, -0.2) is 17.9 Å². The number of hydrogen-bond acceptors (Lipinski definition) is 4. The Morgan fingerprint density at radius 2 is 1.94 bits per heavy atom. The minimum atomic E-state index is -0.983. The van der Waals surface area contributed by atoms with E-state index in [-0.39, 0.29) is 13.0 Å². The van der Waals surface area contributed by atoms with Gasteiger partial charge in [0.05, 0.1) is 19.1 Å². The van der Waals surface area contributed by atoms with Gasteiger partial charge in [0.1, 0.15) is 0 Å². The largest absolute Gasteiger partial charge is 0.370 e. The quantitative estimate of drug-likeness (QED) is 0.576. The lowest BCUT2D eigenvalue weighted by Gasteiger charge is -2.10.